The van der Waals surface area contributed by atoms with Crippen LogP contribution in [0.25, 0.3) is 0 Å². The van der Waals surface area contributed by atoms with E-state index in [0.29, 0.717) is 12.5 Å². The summed E-state index contributed by atoms with van der Waals surface area (Å²) < 4.78 is 7.79. The Morgan fingerprint density at radius 1 is 1.43 bits per heavy atom. The van der Waals surface area contributed by atoms with Gasteiger partial charge >= 0.3 is 0 Å². The molecule has 21 heavy (non-hydrogen) atoms. The van der Waals surface area contributed by atoms with Crippen LogP contribution in [0.5, 0.6) is 0 Å². The molecule has 0 saturated carbocycles. The molecule has 1 aliphatic heterocycles. The van der Waals surface area contributed by atoms with Crippen molar-refractivity contribution in [3.05, 3.63) is 53.0 Å². The van der Waals surface area contributed by atoms with Gasteiger partial charge in [-0.25, -0.2) is 0 Å². The van der Waals surface area contributed by atoms with Crippen LogP contribution in [-0.2, 0) is 24.4 Å². The van der Waals surface area contributed by atoms with Crippen LogP contribution in [0.1, 0.15) is 10.6 Å². The van der Waals surface area contributed by atoms with Crippen LogP contribution in [0.4, 0.5) is 0 Å². The van der Waals surface area contributed by atoms with E-state index in [4.69, 9.17) is 4.74 Å². The van der Waals surface area contributed by atoms with Crippen LogP contribution in [0.15, 0.2) is 42.4 Å². The molecule has 0 fully saturated rings. The second-order valence-corrected chi connectivity index (χ2v) is 6.48. The summed E-state index contributed by atoms with van der Waals surface area (Å²) >= 11 is 1.82. The van der Waals surface area contributed by atoms with Crippen LogP contribution < -0.4 is 0 Å². The van der Waals surface area contributed by atoms with Crippen molar-refractivity contribution >= 4 is 11.3 Å². The Morgan fingerprint density at radius 3 is 3.19 bits per heavy atom. The van der Waals surface area contributed by atoms with Gasteiger partial charge in [-0.05, 0) is 17.5 Å². The van der Waals surface area contributed by atoms with Gasteiger partial charge < -0.3 is 4.74 Å². The summed E-state index contributed by atoms with van der Waals surface area (Å²) in [5.74, 6) is 0.464. The zero-order chi connectivity index (χ0) is 14.5. The second kappa shape index (κ2) is 7.02. The topological polar surface area (TPSA) is 30.3 Å². The lowest BCUT2D eigenvalue weighted by atomic mass is 10.1. The van der Waals surface area contributed by atoms with E-state index in [1.54, 1.807) is 6.08 Å². The Morgan fingerprint density at radius 2 is 2.38 bits per heavy atom. The van der Waals surface area contributed by atoms with Gasteiger partial charge in [-0.3, -0.25) is 9.58 Å². The third-order valence-corrected chi connectivity index (χ3v) is 4.55. The molecule has 0 spiro atoms. The monoisotopic (exact) mass is 303 g/mol. The zero-order valence-electron chi connectivity index (χ0n) is 12.1. The van der Waals surface area contributed by atoms with Gasteiger partial charge in [0.15, 0.2) is 0 Å². The van der Waals surface area contributed by atoms with Crippen molar-refractivity contribution in [1.82, 2.24) is 14.7 Å². The fraction of sp³-hybridized carbons (Fsp3) is 0.438. The Kier molecular flexibility index (Phi) is 4.85. The first kappa shape index (κ1) is 14.5. The molecule has 2 aromatic heterocycles. The van der Waals surface area contributed by atoms with Gasteiger partial charge in [-0.2, -0.15) is 5.10 Å². The maximum atomic E-state index is 5.67. The normalized spacial score (nSPS) is 19.1. The van der Waals surface area contributed by atoms with E-state index in [-0.39, 0.29) is 0 Å². The van der Waals surface area contributed by atoms with Gasteiger partial charge in [0.1, 0.15) is 0 Å². The molecular formula is C16H21N3OS. The van der Waals surface area contributed by atoms with Gasteiger partial charge in [0, 0.05) is 43.2 Å². The molecule has 0 amide bonds. The van der Waals surface area contributed by atoms with Gasteiger partial charge in [0.05, 0.1) is 18.9 Å². The summed E-state index contributed by atoms with van der Waals surface area (Å²) in [6.07, 6.45) is 3.70. The highest BCUT2D eigenvalue weighted by Gasteiger charge is 2.22. The van der Waals surface area contributed by atoms with Gasteiger partial charge in [-0.15, -0.1) is 17.9 Å². The summed E-state index contributed by atoms with van der Waals surface area (Å²) in [6, 6.07) is 6.44. The molecule has 112 valence electrons. The Labute approximate surface area is 129 Å². The van der Waals surface area contributed by atoms with Crippen LogP contribution in [-0.4, -0.2) is 34.4 Å². The van der Waals surface area contributed by atoms with E-state index in [0.717, 1.165) is 32.8 Å². The third-order valence-electron chi connectivity index (χ3n) is 3.69. The van der Waals surface area contributed by atoms with Crippen LogP contribution >= 0.6 is 11.3 Å². The van der Waals surface area contributed by atoms with Crippen molar-refractivity contribution in [2.24, 2.45) is 5.92 Å². The summed E-state index contributed by atoms with van der Waals surface area (Å²) in [6.45, 7) is 9.00. The number of hydrogen-bond acceptors (Lipinski definition) is 4. The lowest BCUT2D eigenvalue weighted by Gasteiger charge is -2.23. The van der Waals surface area contributed by atoms with Crippen molar-refractivity contribution in [2.75, 3.05) is 19.8 Å². The highest BCUT2D eigenvalue weighted by molar-refractivity contribution is 7.09. The molecule has 5 heteroatoms. The van der Waals surface area contributed by atoms with Gasteiger partial charge in [-0.1, -0.05) is 12.1 Å². The average Bonchev–Trinajstić information content (AvgIpc) is 3.09. The minimum Gasteiger partial charge on any atom is -0.377 e. The number of hydrogen-bond donors (Lipinski definition) is 0. The van der Waals surface area contributed by atoms with E-state index in [2.05, 4.69) is 44.8 Å². The molecule has 0 aliphatic carbocycles. The van der Waals surface area contributed by atoms with Crippen molar-refractivity contribution in [2.45, 2.75) is 19.6 Å². The first-order valence-corrected chi connectivity index (χ1v) is 8.17. The lowest BCUT2D eigenvalue weighted by Crippen LogP contribution is -2.29. The van der Waals surface area contributed by atoms with Crippen molar-refractivity contribution < 1.29 is 4.74 Å². The Bertz CT molecular complexity index is 564. The first-order valence-electron chi connectivity index (χ1n) is 7.29. The van der Waals surface area contributed by atoms with Gasteiger partial charge in [0.2, 0.25) is 0 Å². The molecule has 3 rings (SSSR count). The SMILES string of the molecule is C=CCOCC1CN(Cc2cccs2)Cc2ccnn2C1. The molecule has 2 aromatic rings. The minimum absolute atomic E-state index is 0.464. The number of aromatic nitrogens is 2. The average molecular weight is 303 g/mol. The van der Waals surface area contributed by atoms with E-state index < -0.39 is 0 Å². The Hall–Kier alpha value is -1.43. The molecule has 4 nitrogen and oxygen atoms in total. The minimum atomic E-state index is 0.464. The molecule has 0 radical (unpaired) electrons. The number of thiophene rings is 1. The molecule has 1 unspecified atom stereocenters. The predicted octanol–water partition coefficient (Wildman–Crippen LogP) is 2.78. The maximum absolute atomic E-state index is 5.67. The van der Waals surface area contributed by atoms with Crippen LogP contribution in [0.2, 0.25) is 0 Å². The molecule has 1 atom stereocenters. The van der Waals surface area contributed by atoms with Crippen LogP contribution in [0, 0.1) is 5.92 Å². The smallest absolute Gasteiger partial charge is 0.0645 e. The zero-order valence-corrected chi connectivity index (χ0v) is 13.0. The highest BCUT2D eigenvalue weighted by atomic mass is 32.1. The van der Waals surface area contributed by atoms with E-state index in [1.807, 2.05) is 17.5 Å². The summed E-state index contributed by atoms with van der Waals surface area (Å²) in [5, 5.41) is 6.58. The molecule has 0 bridgehead atoms. The van der Waals surface area contributed by atoms with E-state index in [1.165, 1.54) is 10.6 Å². The molecular weight excluding hydrogens is 282 g/mol. The van der Waals surface area contributed by atoms with Crippen LogP contribution in [0.3, 0.4) is 0 Å². The third kappa shape index (κ3) is 3.81. The fourth-order valence-corrected chi connectivity index (χ4v) is 3.53. The van der Waals surface area contributed by atoms with E-state index >= 15 is 0 Å². The predicted molar refractivity (Wildman–Crippen MR) is 85.2 cm³/mol. The molecule has 0 N–H and O–H groups in total. The number of fused-ring (bicyclic) bond motifs is 1. The molecule has 0 saturated heterocycles. The van der Waals surface area contributed by atoms with E-state index in [9.17, 15) is 0 Å². The maximum Gasteiger partial charge on any atom is 0.0645 e. The van der Waals surface area contributed by atoms with Crippen molar-refractivity contribution in [1.29, 1.82) is 0 Å². The van der Waals surface area contributed by atoms with Crippen molar-refractivity contribution in [3.63, 3.8) is 0 Å². The lowest BCUT2D eigenvalue weighted by molar-refractivity contribution is 0.0935. The first-order chi connectivity index (χ1) is 10.3. The second-order valence-electron chi connectivity index (χ2n) is 5.45. The summed E-state index contributed by atoms with van der Waals surface area (Å²) in [4.78, 5) is 3.91. The fourth-order valence-electron chi connectivity index (χ4n) is 2.79. The number of ether oxygens (including phenoxy) is 1. The number of rotatable bonds is 6. The standard InChI is InChI=1S/C16H21N3OS/c1-2-7-20-13-14-9-18(12-16-4-3-8-21-16)11-15-5-6-17-19(15)10-14/h2-6,8,14H,1,7,9-13H2. The summed E-state index contributed by atoms with van der Waals surface area (Å²) in [7, 11) is 0. The van der Waals surface area contributed by atoms with Gasteiger partial charge in [0.25, 0.3) is 0 Å². The molecule has 1 aliphatic rings. The summed E-state index contributed by atoms with van der Waals surface area (Å²) in [5.41, 5.74) is 1.29. The molecule has 3 heterocycles. The quantitative estimate of drug-likeness (QED) is 0.607. The molecule has 0 aromatic carbocycles. The largest absolute Gasteiger partial charge is 0.377 e. The van der Waals surface area contributed by atoms with Crippen molar-refractivity contribution in [3.8, 4) is 0 Å². The highest BCUT2D eigenvalue weighted by Crippen LogP contribution is 2.20. The Balaban J connectivity index is 1.69. The number of nitrogens with zero attached hydrogens (tertiary/aromatic N) is 3.